The van der Waals surface area contributed by atoms with Gasteiger partial charge < -0.3 is 9.26 Å². The molecule has 3 heterocycles. The second kappa shape index (κ2) is 6.52. The van der Waals surface area contributed by atoms with E-state index in [0.29, 0.717) is 29.8 Å². The molecule has 0 atom stereocenters. The van der Waals surface area contributed by atoms with Crippen molar-refractivity contribution in [3.05, 3.63) is 60.4 Å². The third-order valence-electron chi connectivity index (χ3n) is 3.57. The third kappa shape index (κ3) is 3.23. The monoisotopic (exact) mass is 334 g/mol. The second-order valence-electron chi connectivity index (χ2n) is 5.30. The molecule has 8 nitrogen and oxygen atoms in total. The minimum Gasteiger partial charge on any atom is -0.481 e. The lowest BCUT2D eigenvalue weighted by Gasteiger charge is -1.99. The molecular formula is C17H14N6O2. The fraction of sp³-hybridized carbons (Fsp3) is 0.118. The lowest BCUT2D eigenvalue weighted by atomic mass is 10.2. The Labute approximate surface area is 143 Å². The van der Waals surface area contributed by atoms with Gasteiger partial charge in [-0.05, 0) is 11.6 Å². The van der Waals surface area contributed by atoms with E-state index in [2.05, 4.69) is 25.4 Å². The molecule has 0 bridgehead atoms. The Morgan fingerprint density at radius 1 is 1.16 bits per heavy atom. The maximum Gasteiger partial charge on any atom is 0.280 e. The van der Waals surface area contributed by atoms with Crippen LogP contribution >= 0.6 is 0 Å². The Bertz CT molecular complexity index is 979. The molecule has 0 spiro atoms. The molecule has 0 saturated carbocycles. The molecule has 0 aliphatic rings. The first-order valence-electron chi connectivity index (χ1n) is 7.60. The summed E-state index contributed by atoms with van der Waals surface area (Å²) in [5.74, 6) is 1.23. The molecule has 0 aliphatic heterocycles. The highest BCUT2D eigenvalue weighted by atomic mass is 16.5. The van der Waals surface area contributed by atoms with Crippen LogP contribution in [0.1, 0.15) is 5.56 Å². The fourth-order valence-electron chi connectivity index (χ4n) is 2.35. The van der Waals surface area contributed by atoms with Gasteiger partial charge in [-0.2, -0.15) is 4.98 Å². The number of hydrogen-bond acceptors (Lipinski definition) is 7. The van der Waals surface area contributed by atoms with Crippen LogP contribution < -0.4 is 4.74 Å². The van der Waals surface area contributed by atoms with Gasteiger partial charge in [0.25, 0.3) is 5.89 Å². The van der Waals surface area contributed by atoms with Gasteiger partial charge in [0.05, 0.1) is 19.9 Å². The van der Waals surface area contributed by atoms with Crippen molar-refractivity contribution in [1.82, 2.24) is 30.1 Å². The predicted molar refractivity (Wildman–Crippen MR) is 88.6 cm³/mol. The first kappa shape index (κ1) is 15.0. The van der Waals surface area contributed by atoms with Crippen LogP contribution in [0.4, 0.5) is 0 Å². The van der Waals surface area contributed by atoms with Gasteiger partial charge >= 0.3 is 0 Å². The molecule has 25 heavy (non-hydrogen) atoms. The highest BCUT2D eigenvalue weighted by molar-refractivity contribution is 5.58. The van der Waals surface area contributed by atoms with Crippen LogP contribution in [-0.2, 0) is 6.54 Å². The number of benzene rings is 1. The summed E-state index contributed by atoms with van der Waals surface area (Å²) < 4.78 is 12.1. The van der Waals surface area contributed by atoms with E-state index in [1.165, 1.54) is 0 Å². The SMILES string of the molecule is COc1cc(-c2noc(-c3cn(Cc4ccccc4)nn3)n2)ccn1. The van der Waals surface area contributed by atoms with Crippen LogP contribution in [0.2, 0.25) is 0 Å². The molecule has 0 aliphatic carbocycles. The van der Waals surface area contributed by atoms with Crippen molar-refractivity contribution in [2.45, 2.75) is 6.54 Å². The van der Waals surface area contributed by atoms with E-state index in [9.17, 15) is 0 Å². The van der Waals surface area contributed by atoms with E-state index in [4.69, 9.17) is 9.26 Å². The van der Waals surface area contributed by atoms with Crippen LogP contribution in [0.15, 0.2) is 59.4 Å². The van der Waals surface area contributed by atoms with Crippen molar-refractivity contribution in [2.24, 2.45) is 0 Å². The summed E-state index contributed by atoms with van der Waals surface area (Å²) in [7, 11) is 1.55. The molecule has 0 unspecified atom stereocenters. The smallest absolute Gasteiger partial charge is 0.280 e. The molecule has 4 aromatic rings. The zero-order chi connectivity index (χ0) is 17.1. The van der Waals surface area contributed by atoms with Gasteiger partial charge in [0, 0.05) is 17.8 Å². The predicted octanol–water partition coefficient (Wildman–Crippen LogP) is 2.45. The molecule has 1 aromatic carbocycles. The quantitative estimate of drug-likeness (QED) is 0.553. The highest BCUT2D eigenvalue weighted by Crippen LogP contribution is 2.22. The maximum absolute atomic E-state index is 5.30. The van der Waals surface area contributed by atoms with E-state index >= 15 is 0 Å². The molecule has 0 saturated heterocycles. The molecular weight excluding hydrogens is 320 g/mol. The Morgan fingerprint density at radius 2 is 2.04 bits per heavy atom. The third-order valence-corrected chi connectivity index (χ3v) is 3.57. The van der Waals surface area contributed by atoms with Gasteiger partial charge in [0.2, 0.25) is 11.7 Å². The van der Waals surface area contributed by atoms with E-state index in [1.807, 2.05) is 30.3 Å². The Hall–Kier alpha value is -3.55. The lowest BCUT2D eigenvalue weighted by Crippen LogP contribution is -1.99. The van der Waals surface area contributed by atoms with Crippen LogP contribution in [0.3, 0.4) is 0 Å². The molecule has 4 rings (SSSR count). The number of ether oxygens (including phenoxy) is 1. The highest BCUT2D eigenvalue weighted by Gasteiger charge is 2.14. The Morgan fingerprint density at radius 3 is 2.88 bits per heavy atom. The maximum atomic E-state index is 5.30. The van der Waals surface area contributed by atoms with Crippen molar-refractivity contribution in [3.8, 4) is 28.9 Å². The number of rotatable bonds is 5. The van der Waals surface area contributed by atoms with E-state index in [0.717, 1.165) is 11.1 Å². The van der Waals surface area contributed by atoms with Crippen molar-refractivity contribution in [2.75, 3.05) is 7.11 Å². The summed E-state index contributed by atoms with van der Waals surface area (Å²) in [6, 6.07) is 13.5. The number of hydrogen-bond donors (Lipinski definition) is 0. The molecule has 0 amide bonds. The summed E-state index contributed by atoms with van der Waals surface area (Å²) in [5.41, 5.74) is 2.41. The molecule has 0 fully saturated rings. The van der Waals surface area contributed by atoms with Crippen LogP contribution in [0, 0.1) is 0 Å². The van der Waals surface area contributed by atoms with Gasteiger partial charge in [-0.1, -0.05) is 40.7 Å². The van der Waals surface area contributed by atoms with Gasteiger partial charge in [0.1, 0.15) is 0 Å². The summed E-state index contributed by atoms with van der Waals surface area (Å²) in [4.78, 5) is 8.43. The van der Waals surface area contributed by atoms with Gasteiger partial charge in [-0.25, -0.2) is 9.67 Å². The van der Waals surface area contributed by atoms with Gasteiger partial charge in [-0.3, -0.25) is 0 Å². The van der Waals surface area contributed by atoms with E-state index < -0.39 is 0 Å². The number of pyridine rings is 1. The minimum atomic E-state index is 0.310. The minimum absolute atomic E-state index is 0.310. The van der Waals surface area contributed by atoms with Crippen LogP contribution in [0.5, 0.6) is 5.88 Å². The summed E-state index contributed by atoms with van der Waals surface area (Å²) >= 11 is 0. The van der Waals surface area contributed by atoms with Crippen molar-refractivity contribution in [3.63, 3.8) is 0 Å². The lowest BCUT2D eigenvalue weighted by molar-refractivity contribution is 0.398. The standard InChI is InChI=1S/C17H14N6O2/c1-24-15-9-13(7-8-18-15)16-19-17(25-21-16)14-11-23(22-20-14)10-12-5-3-2-4-6-12/h2-9,11H,10H2,1H3. The van der Waals surface area contributed by atoms with Crippen molar-refractivity contribution in [1.29, 1.82) is 0 Å². The normalized spacial score (nSPS) is 10.8. The first-order valence-corrected chi connectivity index (χ1v) is 7.60. The zero-order valence-electron chi connectivity index (χ0n) is 13.4. The van der Waals surface area contributed by atoms with Gasteiger partial charge in [-0.15, -0.1) is 5.10 Å². The number of aromatic nitrogens is 6. The summed E-state index contributed by atoms with van der Waals surface area (Å²) in [5, 5.41) is 12.2. The largest absolute Gasteiger partial charge is 0.481 e. The van der Waals surface area contributed by atoms with E-state index in [1.54, 1.807) is 36.3 Å². The first-order chi connectivity index (χ1) is 12.3. The molecule has 0 N–H and O–H groups in total. The molecule has 3 aromatic heterocycles. The van der Waals surface area contributed by atoms with Crippen LogP contribution in [-0.4, -0.2) is 37.2 Å². The van der Waals surface area contributed by atoms with Gasteiger partial charge in [0.15, 0.2) is 5.69 Å². The second-order valence-corrected chi connectivity index (χ2v) is 5.30. The summed E-state index contributed by atoms with van der Waals surface area (Å²) in [6.45, 7) is 0.621. The number of methoxy groups -OCH3 is 1. The zero-order valence-corrected chi connectivity index (χ0v) is 13.4. The van der Waals surface area contributed by atoms with Crippen molar-refractivity contribution < 1.29 is 9.26 Å². The van der Waals surface area contributed by atoms with E-state index in [-0.39, 0.29) is 0 Å². The Balaban J connectivity index is 1.56. The average molecular weight is 334 g/mol. The fourth-order valence-corrected chi connectivity index (χ4v) is 2.35. The topological polar surface area (TPSA) is 91.8 Å². The molecule has 124 valence electrons. The van der Waals surface area contributed by atoms with Crippen LogP contribution in [0.25, 0.3) is 23.0 Å². The number of nitrogens with zero attached hydrogens (tertiary/aromatic N) is 6. The molecule has 0 radical (unpaired) electrons. The molecule has 8 heteroatoms. The van der Waals surface area contributed by atoms with Crippen molar-refractivity contribution >= 4 is 0 Å². The average Bonchev–Trinajstić information content (AvgIpc) is 3.32. The summed E-state index contributed by atoms with van der Waals surface area (Å²) in [6.07, 6.45) is 3.40. The Kier molecular flexibility index (Phi) is 3.91.